The predicted octanol–water partition coefficient (Wildman–Crippen LogP) is 5.17. The van der Waals surface area contributed by atoms with Crippen LogP contribution in [0, 0.1) is 0 Å². The molecule has 0 aliphatic carbocycles. The van der Waals surface area contributed by atoms with Crippen molar-refractivity contribution in [2.24, 2.45) is 0 Å². The molecule has 0 fully saturated rings. The van der Waals surface area contributed by atoms with Gasteiger partial charge in [0.15, 0.2) is 11.5 Å². The molecule has 0 atom stereocenters. The van der Waals surface area contributed by atoms with E-state index in [0.29, 0.717) is 38.6 Å². The van der Waals surface area contributed by atoms with Crippen LogP contribution < -0.4 is 19.7 Å². The number of nitrogens with zero attached hydrogens (tertiary/aromatic N) is 3. The van der Waals surface area contributed by atoms with E-state index in [1.54, 1.807) is 68.4 Å². The maximum atomic E-state index is 14.0. The molecule has 2 aliphatic heterocycles. The molecule has 3 amide bonds. The third-order valence-corrected chi connectivity index (χ3v) is 8.40. The summed E-state index contributed by atoms with van der Waals surface area (Å²) in [7, 11) is 0. The van der Waals surface area contributed by atoms with Gasteiger partial charge in [0.25, 0.3) is 11.7 Å². The number of hydrogen-bond donors (Lipinski definition) is 1. The highest BCUT2D eigenvalue weighted by molar-refractivity contribution is 7.09. The molecule has 3 aromatic carbocycles. The normalized spacial score (nSPS) is 13.7. The number of thiazole rings is 1. The molecule has 1 N–H and O–H groups in total. The fraction of sp³-hybridized carbons (Fsp3) is 0.194. The summed E-state index contributed by atoms with van der Waals surface area (Å²) in [5.74, 6) is -1.42. The van der Waals surface area contributed by atoms with Crippen molar-refractivity contribution in [2.75, 3.05) is 23.6 Å². The summed E-state index contributed by atoms with van der Waals surface area (Å²) < 4.78 is 10.8. The van der Waals surface area contributed by atoms with Crippen LogP contribution in [0.15, 0.2) is 72.1 Å². The van der Waals surface area contributed by atoms with Crippen molar-refractivity contribution in [2.45, 2.75) is 25.9 Å². The summed E-state index contributed by atoms with van der Waals surface area (Å²) in [6.45, 7) is 2.87. The Kier molecular flexibility index (Phi) is 7.37. The van der Waals surface area contributed by atoms with E-state index in [2.05, 4.69) is 5.32 Å². The van der Waals surface area contributed by atoms with Gasteiger partial charge in [0.1, 0.15) is 17.1 Å². The first-order valence-electron chi connectivity index (χ1n) is 13.3. The van der Waals surface area contributed by atoms with Gasteiger partial charge in [-0.05, 0) is 50.2 Å². The lowest BCUT2D eigenvalue weighted by Crippen LogP contribution is -2.57. The van der Waals surface area contributed by atoms with Gasteiger partial charge in [0, 0.05) is 27.7 Å². The number of Topliss-reactive ketones (excluding diaryl/α,β-unsaturated/α-hetero) is 1. The van der Waals surface area contributed by atoms with E-state index in [9.17, 15) is 19.2 Å². The van der Waals surface area contributed by atoms with E-state index in [1.165, 1.54) is 16.2 Å². The lowest BCUT2D eigenvalue weighted by molar-refractivity contribution is -0.143. The van der Waals surface area contributed by atoms with Gasteiger partial charge in [-0.3, -0.25) is 24.1 Å². The van der Waals surface area contributed by atoms with Crippen LogP contribution in [0.25, 0.3) is 11.3 Å². The fourth-order valence-electron chi connectivity index (χ4n) is 4.88. The number of ketones is 1. The third-order valence-electron chi connectivity index (χ3n) is 7.32. The average molecular weight is 617 g/mol. The third kappa shape index (κ3) is 5.44. The Morgan fingerprint density at radius 3 is 2.58 bits per heavy atom. The van der Waals surface area contributed by atoms with Gasteiger partial charge in [-0.2, -0.15) is 0 Å². The van der Waals surface area contributed by atoms with Gasteiger partial charge >= 0.3 is 0 Å². The zero-order valence-electron chi connectivity index (χ0n) is 23.1. The zero-order valence-corrected chi connectivity index (χ0v) is 24.7. The second-order valence-electron chi connectivity index (χ2n) is 10.4. The maximum Gasteiger partial charge on any atom is 0.299 e. The lowest BCUT2D eigenvalue weighted by Gasteiger charge is -2.37. The summed E-state index contributed by atoms with van der Waals surface area (Å²) in [6, 6.07) is 18.8. The van der Waals surface area contributed by atoms with Crippen molar-refractivity contribution in [3.8, 4) is 22.8 Å². The molecule has 0 bridgehead atoms. The van der Waals surface area contributed by atoms with Crippen LogP contribution in [0.5, 0.6) is 11.5 Å². The van der Waals surface area contributed by atoms with E-state index in [0.717, 1.165) is 10.5 Å². The molecule has 10 nitrogen and oxygen atoms in total. The SMILES string of the molecule is CC(C)(C(=O)Nc1ccc2c(c1)OCO2)N(Cc1nc(-c2ccc(Cl)cc2)cs1)C(=O)CN1C(=O)C(=O)c2ccccc21. The first kappa shape index (κ1) is 28.4. The molecule has 6 rings (SSSR count). The van der Waals surface area contributed by atoms with Crippen LogP contribution in [-0.4, -0.2) is 52.3 Å². The first-order valence-corrected chi connectivity index (χ1v) is 14.5. The van der Waals surface area contributed by atoms with Crippen molar-refractivity contribution in [3.05, 3.63) is 87.7 Å². The van der Waals surface area contributed by atoms with Crippen LogP contribution in [0.3, 0.4) is 0 Å². The van der Waals surface area contributed by atoms with E-state index in [-0.39, 0.29) is 18.9 Å². The molecule has 0 radical (unpaired) electrons. The Labute approximate surface area is 255 Å². The molecular weight excluding hydrogens is 592 g/mol. The summed E-state index contributed by atoms with van der Waals surface area (Å²) in [5.41, 5.74) is 1.18. The lowest BCUT2D eigenvalue weighted by atomic mass is 10.0. The van der Waals surface area contributed by atoms with E-state index in [1.807, 2.05) is 17.5 Å². The van der Waals surface area contributed by atoms with Crippen LogP contribution in [-0.2, 0) is 20.9 Å². The molecule has 12 heteroatoms. The number of carbonyl (C=O) groups is 4. The fourth-order valence-corrected chi connectivity index (χ4v) is 5.79. The minimum Gasteiger partial charge on any atom is -0.454 e. The van der Waals surface area contributed by atoms with E-state index >= 15 is 0 Å². The summed E-state index contributed by atoms with van der Waals surface area (Å²) >= 11 is 7.37. The number of amides is 3. The molecule has 1 aromatic heterocycles. The van der Waals surface area contributed by atoms with Gasteiger partial charge in [-0.15, -0.1) is 11.3 Å². The minimum absolute atomic E-state index is 0.0176. The number of fused-ring (bicyclic) bond motifs is 2. The number of benzene rings is 3. The van der Waals surface area contributed by atoms with Gasteiger partial charge in [-0.1, -0.05) is 35.9 Å². The Hall–Kier alpha value is -4.74. The van der Waals surface area contributed by atoms with Gasteiger partial charge < -0.3 is 19.7 Å². The molecule has 218 valence electrons. The quantitative estimate of drug-likeness (QED) is 0.271. The van der Waals surface area contributed by atoms with Crippen molar-refractivity contribution < 1.29 is 28.7 Å². The highest BCUT2D eigenvalue weighted by Crippen LogP contribution is 2.35. The molecule has 0 spiro atoms. The van der Waals surface area contributed by atoms with Crippen molar-refractivity contribution in [3.63, 3.8) is 0 Å². The van der Waals surface area contributed by atoms with Crippen molar-refractivity contribution in [1.29, 1.82) is 0 Å². The summed E-state index contributed by atoms with van der Waals surface area (Å²) in [4.78, 5) is 60.4. The molecule has 3 heterocycles. The molecule has 0 saturated heterocycles. The van der Waals surface area contributed by atoms with Gasteiger partial charge in [0.05, 0.1) is 23.5 Å². The number of ether oxygens (including phenoxy) is 2. The Bertz CT molecular complexity index is 1770. The summed E-state index contributed by atoms with van der Waals surface area (Å²) in [5, 5.41) is 5.90. The number of nitrogens with one attached hydrogen (secondary N) is 1. The Balaban J connectivity index is 1.29. The number of halogens is 1. The largest absolute Gasteiger partial charge is 0.454 e. The minimum atomic E-state index is -1.41. The van der Waals surface area contributed by atoms with Gasteiger partial charge in [-0.25, -0.2) is 4.98 Å². The molecule has 4 aromatic rings. The second-order valence-corrected chi connectivity index (χ2v) is 11.8. The molecule has 0 saturated carbocycles. The standard InChI is InChI=1S/C31H25ClN4O6S/c1-31(2,30(40)33-20-11-12-24-25(13-20)42-17-41-24)36(14-26-34-22(16-43-26)18-7-9-19(32)10-8-18)27(37)15-35-23-6-4-3-5-21(23)28(38)29(35)39/h3-13,16H,14-15,17H2,1-2H3,(H,33,40). The number of aromatic nitrogens is 1. The number of hydrogen-bond acceptors (Lipinski definition) is 8. The molecule has 2 aliphatic rings. The van der Waals surface area contributed by atoms with Crippen molar-refractivity contribution >= 4 is 57.8 Å². The average Bonchev–Trinajstić information content (AvgIpc) is 3.72. The predicted molar refractivity (Wildman–Crippen MR) is 162 cm³/mol. The van der Waals surface area contributed by atoms with Crippen molar-refractivity contribution in [1.82, 2.24) is 9.88 Å². The Morgan fingerprint density at radius 1 is 1.05 bits per heavy atom. The number of anilines is 2. The number of para-hydroxylation sites is 1. The van der Waals surface area contributed by atoms with Crippen LogP contribution >= 0.6 is 22.9 Å². The highest BCUT2D eigenvalue weighted by atomic mass is 35.5. The monoisotopic (exact) mass is 616 g/mol. The topological polar surface area (TPSA) is 118 Å². The molecule has 0 unspecified atom stereocenters. The molecule has 43 heavy (non-hydrogen) atoms. The smallest absolute Gasteiger partial charge is 0.299 e. The maximum absolute atomic E-state index is 14.0. The Morgan fingerprint density at radius 2 is 1.79 bits per heavy atom. The van der Waals surface area contributed by atoms with Crippen LogP contribution in [0.4, 0.5) is 11.4 Å². The van der Waals surface area contributed by atoms with Gasteiger partial charge in [0.2, 0.25) is 18.6 Å². The van der Waals surface area contributed by atoms with Crippen LogP contribution in [0.1, 0.15) is 29.2 Å². The molecular formula is C31H25ClN4O6S. The van der Waals surface area contributed by atoms with Crippen LogP contribution in [0.2, 0.25) is 5.02 Å². The second kappa shape index (κ2) is 11.2. The number of rotatable bonds is 8. The van der Waals surface area contributed by atoms with E-state index in [4.69, 9.17) is 26.1 Å². The number of carbonyl (C=O) groups excluding carboxylic acids is 4. The highest BCUT2D eigenvalue weighted by Gasteiger charge is 2.42. The van der Waals surface area contributed by atoms with E-state index < -0.39 is 35.6 Å². The zero-order chi connectivity index (χ0) is 30.3. The first-order chi connectivity index (χ1) is 20.6. The summed E-state index contributed by atoms with van der Waals surface area (Å²) in [6.07, 6.45) is 0.